The first-order valence-electron chi connectivity index (χ1n) is 4.32. The number of carbonyl (C=O) groups excluding carboxylic acids is 2. The van der Waals surface area contributed by atoms with Crippen LogP contribution < -0.4 is 0 Å². The summed E-state index contributed by atoms with van der Waals surface area (Å²) in [6.07, 6.45) is 0.254. The molecule has 0 bridgehead atoms. The van der Waals surface area contributed by atoms with Crippen molar-refractivity contribution in [2.75, 3.05) is 5.33 Å². The summed E-state index contributed by atoms with van der Waals surface area (Å²) in [6.45, 7) is 0. The van der Waals surface area contributed by atoms with Gasteiger partial charge in [0.05, 0.1) is 33.0 Å². The van der Waals surface area contributed by atoms with Gasteiger partial charge in [0.15, 0.2) is 12.1 Å². The van der Waals surface area contributed by atoms with Crippen LogP contribution in [-0.2, 0) is 0 Å². The van der Waals surface area contributed by atoms with E-state index in [-0.39, 0.29) is 28.3 Å². The van der Waals surface area contributed by atoms with E-state index in [4.69, 9.17) is 5.26 Å². The first-order valence-corrected chi connectivity index (χ1v) is 5.44. The van der Waals surface area contributed by atoms with E-state index in [9.17, 15) is 19.7 Å². The topological polar surface area (TPSA) is 101 Å². The number of alkyl halides is 1. The molecule has 0 aliphatic carbocycles. The van der Waals surface area contributed by atoms with Crippen molar-refractivity contribution in [1.82, 2.24) is 0 Å². The minimum Gasteiger partial charge on any atom is -0.298 e. The van der Waals surface area contributed by atoms with E-state index in [2.05, 4.69) is 15.9 Å². The van der Waals surface area contributed by atoms with Gasteiger partial charge in [-0.2, -0.15) is 5.26 Å². The quantitative estimate of drug-likeness (QED) is 0.277. The molecule has 1 rings (SSSR count). The summed E-state index contributed by atoms with van der Waals surface area (Å²) in [5, 5.41) is 19.4. The van der Waals surface area contributed by atoms with E-state index < -0.39 is 16.4 Å². The molecule has 0 fully saturated rings. The smallest absolute Gasteiger partial charge is 0.290 e. The number of hydrogen-bond donors (Lipinski definition) is 0. The van der Waals surface area contributed by atoms with Gasteiger partial charge in [-0.15, -0.1) is 0 Å². The van der Waals surface area contributed by atoms with Crippen LogP contribution in [0.1, 0.15) is 26.3 Å². The third kappa shape index (κ3) is 2.54. The number of hydrogen-bond acceptors (Lipinski definition) is 5. The number of nitro groups is 1. The van der Waals surface area contributed by atoms with Crippen molar-refractivity contribution >= 4 is 33.7 Å². The fourth-order valence-electron chi connectivity index (χ4n) is 1.30. The maximum absolute atomic E-state index is 11.5. The zero-order valence-corrected chi connectivity index (χ0v) is 9.93. The van der Waals surface area contributed by atoms with Gasteiger partial charge in [-0.1, -0.05) is 15.9 Å². The number of nitrogens with zero attached hydrogens (tertiary/aromatic N) is 2. The number of benzene rings is 1. The SMILES string of the molecule is N#Cc1cc(C=O)c([N+](=O)[O-])c(C(=O)CBr)c1. The molecule has 1 aromatic carbocycles. The lowest BCUT2D eigenvalue weighted by Gasteiger charge is -2.03. The van der Waals surface area contributed by atoms with Crippen LogP contribution in [0.4, 0.5) is 5.69 Å². The molecule has 0 atom stereocenters. The molecular weight excluding hydrogens is 292 g/mol. The highest BCUT2D eigenvalue weighted by atomic mass is 79.9. The predicted octanol–water partition coefficient (Wildman–Crippen LogP) is 1.86. The third-order valence-corrected chi connectivity index (χ3v) is 2.51. The first-order chi connectivity index (χ1) is 8.04. The minimum absolute atomic E-state index is 0.0296. The van der Waals surface area contributed by atoms with Crippen molar-refractivity contribution < 1.29 is 14.5 Å². The molecule has 0 saturated heterocycles. The lowest BCUT2D eigenvalue weighted by molar-refractivity contribution is -0.385. The summed E-state index contributed by atoms with van der Waals surface area (Å²) in [7, 11) is 0. The largest absolute Gasteiger partial charge is 0.298 e. The van der Waals surface area contributed by atoms with Crippen molar-refractivity contribution in [3.63, 3.8) is 0 Å². The van der Waals surface area contributed by atoms with E-state index in [1.807, 2.05) is 0 Å². The van der Waals surface area contributed by atoms with E-state index in [1.54, 1.807) is 6.07 Å². The average Bonchev–Trinajstić information content (AvgIpc) is 2.35. The molecule has 0 aliphatic heterocycles. The van der Waals surface area contributed by atoms with E-state index in [1.165, 1.54) is 0 Å². The van der Waals surface area contributed by atoms with Gasteiger partial charge in [-0.3, -0.25) is 19.7 Å². The van der Waals surface area contributed by atoms with Crippen LogP contribution in [0.3, 0.4) is 0 Å². The Morgan fingerprint density at radius 3 is 2.65 bits per heavy atom. The van der Waals surface area contributed by atoms with Gasteiger partial charge in [0.25, 0.3) is 5.69 Å². The van der Waals surface area contributed by atoms with Gasteiger partial charge >= 0.3 is 0 Å². The van der Waals surface area contributed by atoms with Crippen LogP contribution in [0.5, 0.6) is 0 Å². The van der Waals surface area contributed by atoms with Crippen molar-refractivity contribution in [3.8, 4) is 6.07 Å². The summed E-state index contributed by atoms with van der Waals surface area (Å²) >= 11 is 2.88. The number of aldehydes is 1. The van der Waals surface area contributed by atoms with Gasteiger partial charge in [-0.05, 0) is 12.1 Å². The zero-order chi connectivity index (χ0) is 13.0. The Hall–Kier alpha value is -2.07. The van der Waals surface area contributed by atoms with E-state index >= 15 is 0 Å². The number of nitro benzene ring substituents is 1. The Kier molecular flexibility index (Phi) is 4.06. The normalized spacial score (nSPS) is 9.41. The Labute approximate surface area is 104 Å². The number of carbonyl (C=O) groups is 2. The molecule has 0 saturated carbocycles. The molecule has 17 heavy (non-hydrogen) atoms. The molecule has 0 heterocycles. The van der Waals surface area contributed by atoms with Crippen molar-refractivity contribution in [2.24, 2.45) is 0 Å². The predicted molar refractivity (Wildman–Crippen MR) is 61.3 cm³/mol. The van der Waals surface area contributed by atoms with Crippen molar-refractivity contribution in [3.05, 3.63) is 38.9 Å². The molecule has 0 aromatic heterocycles. The molecule has 86 valence electrons. The van der Waals surface area contributed by atoms with E-state index in [0.29, 0.717) is 0 Å². The minimum atomic E-state index is -0.805. The maximum Gasteiger partial charge on any atom is 0.290 e. The number of nitriles is 1. The Balaban J connectivity index is 3.64. The lowest BCUT2D eigenvalue weighted by Crippen LogP contribution is -2.08. The molecule has 0 radical (unpaired) electrons. The molecule has 7 heteroatoms. The monoisotopic (exact) mass is 296 g/mol. The zero-order valence-electron chi connectivity index (χ0n) is 8.34. The molecule has 0 aliphatic rings. The van der Waals surface area contributed by atoms with Crippen molar-refractivity contribution in [1.29, 1.82) is 5.26 Å². The highest BCUT2D eigenvalue weighted by Crippen LogP contribution is 2.25. The Morgan fingerprint density at radius 2 is 2.24 bits per heavy atom. The summed E-state index contributed by atoms with van der Waals surface area (Å²) < 4.78 is 0. The fourth-order valence-corrected chi connectivity index (χ4v) is 1.60. The Morgan fingerprint density at radius 1 is 1.59 bits per heavy atom. The van der Waals surface area contributed by atoms with Crippen molar-refractivity contribution in [2.45, 2.75) is 0 Å². The van der Waals surface area contributed by atoms with Gasteiger partial charge < -0.3 is 0 Å². The maximum atomic E-state index is 11.5. The summed E-state index contributed by atoms with van der Waals surface area (Å²) in [5.74, 6) is -0.558. The second kappa shape index (κ2) is 5.32. The number of ketones is 1. The second-order valence-electron chi connectivity index (χ2n) is 3.01. The highest BCUT2D eigenvalue weighted by Gasteiger charge is 2.25. The van der Waals surface area contributed by atoms with E-state index in [0.717, 1.165) is 12.1 Å². The van der Waals surface area contributed by atoms with Gasteiger partial charge in [0.1, 0.15) is 0 Å². The Bertz CT molecular complexity index is 548. The summed E-state index contributed by atoms with van der Waals surface area (Å²) in [4.78, 5) is 32.2. The van der Waals surface area contributed by atoms with Crippen LogP contribution in [0.2, 0.25) is 0 Å². The molecule has 0 N–H and O–H groups in total. The lowest BCUT2D eigenvalue weighted by atomic mass is 10.0. The molecule has 1 aromatic rings. The first kappa shape index (κ1) is 13.0. The molecule has 0 amide bonds. The number of rotatable bonds is 4. The van der Waals surface area contributed by atoms with Crippen LogP contribution in [0.25, 0.3) is 0 Å². The molecule has 0 spiro atoms. The molecular formula is C10H5BrN2O4. The number of Topliss-reactive ketones (excluding diaryl/α,β-unsaturated/α-hetero) is 1. The average molecular weight is 297 g/mol. The molecule has 6 nitrogen and oxygen atoms in total. The highest BCUT2D eigenvalue weighted by molar-refractivity contribution is 9.09. The summed E-state index contributed by atoms with van der Waals surface area (Å²) in [6, 6.07) is 3.92. The van der Waals surface area contributed by atoms with Crippen LogP contribution in [0, 0.1) is 21.4 Å². The fraction of sp³-hybridized carbons (Fsp3) is 0.100. The van der Waals surface area contributed by atoms with Gasteiger partial charge in [0.2, 0.25) is 0 Å². The third-order valence-electron chi connectivity index (χ3n) is 2.00. The van der Waals surface area contributed by atoms with Gasteiger partial charge in [-0.25, -0.2) is 0 Å². The van der Waals surface area contributed by atoms with Crippen LogP contribution in [-0.4, -0.2) is 22.3 Å². The van der Waals surface area contributed by atoms with Gasteiger partial charge in [0, 0.05) is 0 Å². The van der Waals surface area contributed by atoms with Crippen LogP contribution in [0.15, 0.2) is 12.1 Å². The van der Waals surface area contributed by atoms with Crippen LogP contribution >= 0.6 is 15.9 Å². The second-order valence-corrected chi connectivity index (χ2v) is 3.57. The number of halogens is 1. The molecule has 0 unspecified atom stereocenters. The standard InChI is InChI=1S/C10H5BrN2O4/c11-3-9(15)8-2-6(4-12)1-7(5-14)10(8)13(16)17/h1-2,5H,3H2. The summed E-state index contributed by atoms with van der Waals surface area (Å²) in [5.41, 5.74) is -1.06.